The summed E-state index contributed by atoms with van der Waals surface area (Å²) in [5.41, 5.74) is 1.73. The number of nitrogens with zero attached hydrogens (tertiary/aromatic N) is 3. The van der Waals surface area contributed by atoms with Crippen molar-refractivity contribution in [3.8, 4) is 0 Å². The Morgan fingerprint density at radius 1 is 1.64 bits per heavy atom. The Bertz CT molecular complexity index is 278. The van der Waals surface area contributed by atoms with Crippen LogP contribution < -0.4 is 0 Å². The molecule has 56 valence electrons. The highest BCUT2D eigenvalue weighted by atomic mass is 14.9. The van der Waals surface area contributed by atoms with E-state index in [0.717, 1.165) is 11.4 Å². The monoisotopic (exact) mass is 147 g/mol. The van der Waals surface area contributed by atoms with Gasteiger partial charge in [-0.1, -0.05) is 0 Å². The summed E-state index contributed by atoms with van der Waals surface area (Å²) in [4.78, 5) is 11.6. The highest BCUT2D eigenvalue weighted by Crippen LogP contribution is 2.13. The fraction of sp³-hybridized carbons (Fsp3) is 0.125. The lowest BCUT2D eigenvalue weighted by Crippen LogP contribution is -1.78. The first kappa shape index (κ1) is 7.60. The number of rotatable bonds is 2. The van der Waals surface area contributed by atoms with E-state index in [-0.39, 0.29) is 0 Å². The molecule has 0 fully saturated rings. The molecule has 0 atom stereocenters. The van der Waals surface area contributed by atoms with Crippen LogP contribution in [0.3, 0.4) is 0 Å². The van der Waals surface area contributed by atoms with Gasteiger partial charge in [-0.25, -0.2) is 4.99 Å². The molecule has 0 unspecified atom stereocenters. The van der Waals surface area contributed by atoms with Crippen molar-refractivity contribution >= 4 is 18.7 Å². The number of aromatic nitrogens is 1. The van der Waals surface area contributed by atoms with Gasteiger partial charge in [0.25, 0.3) is 0 Å². The highest BCUT2D eigenvalue weighted by molar-refractivity contribution is 5.66. The lowest BCUT2D eigenvalue weighted by molar-refractivity contribution is 1.19. The summed E-state index contributed by atoms with van der Waals surface area (Å²) < 4.78 is 0. The summed E-state index contributed by atoms with van der Waals surface area (Å²) >= 11 is 0. The van der Waals surface area contributed by atoms with E-state index in [0.29, 0.717) is 0 Å². The van der Waals surface area contributed by atoms with Gasteiger partial charge in [-0.05, 0) is 25.8 Å². The predicted molar refractivity (Wildman–Crippen MR) is 46.7 cm³/mol. The third-order valence-corrected chi connectivity index (χ3v) is 1.26. The van der Waals surface area contributed by atoms with Crippen molar-refractivity contribution in [1.82, 2.24) is 4.98 Å². The van der Waals surface area contributed by atoms with Crippen molar-refractivity contribution in [3.63, 3.8) is 0 Å². The molecular formula is C8H9N3. The summed E-state index contributed by atoms with van der Waals surface area (Å²) in [5, 5.41) is 0. The fourth-order valence-electron chi connectivity index (χ4n) is 0.715. The molecule has 1 rings (SSSR count). The second-order valence-electron chi connectivity index (χ2n) is 2.04. The van der Waals surface area contributed by atoms with Crippen LogP contribution in [-0.4, -0.2) is 18.0 Å². The minimum atomic E-state index is 0.833. The van der Waals surface area contributed by atoms with Crippen LogP contribution in [0.4, 0.5) is 5.69 Å². The molecule has 0 aliphatic heterocycles. The molecule has 1 aromatic rings. The first-order valence-corrected chi connectivity index (χ1v) is 3.24. The molecule has 0 saturated heterocycles. The molecular weight excluding hydrogens is 138 g/mol. The van der Waals surface area contributed by atoms with E-state index in [1.54, 1.807) is 6.20 Å². The number of aliphatic imine (C=N–C) groups is 2. The second-order valence-corrected chi connectivity index (χ2v) is 2.04. The number of pyridine rings is 1. The van der Waals surface area contributed by atoms with Gasteiger partial charge in [-0.3, -0.25) is 9.98 Å². The van der Waals surface area contributed by atoms with Crippen molar-refractivity contribution < 1.29 is 0 Å². The van der Waals surface area contributed by atoms with E-state index >= 15 is 0 Å². The standard InChI is InChI=1S/C8H9N3/c1-7-8(11-6-9-2)4-3-5-10-7/h3-6H,2H2,1H3. The Morgan fingerprint density at radius 3 is 3.09 bits per heavy atom. The van der Waals surface area contributed by atoms with Gasteiger partial charge >= 0.3 is 0 Å². The lowest BCUT2D eigenvalue weighted by atomic mass is 10.3. The molecule has 1 aromatic heterocycles. The maximum Gasteiger partial charge on any atom is 0.115 e. The van der Waals surface area contributed by atoms with Crippen LogP contribution in [0.5, 0.6) is 0 Å². The number of hydrogen-bond donors (Lipinski definition) is 0. The van der Waals surface area contributed by atoms with Gasteiger partial charge in [-0.15, -0.1) is 0 Å². The van der Waals surface area contributed by atoms with Crippen molar-refractivity contribution in [2.24, 2.45) is 9.98 Å². The number of hydrogen-bond acceptors (Lipinski definition) is 2. The van der Waals surface area contributed by atoms with Gasteiger partial charge in [0.15, 0.2) is 0 Å². The topological polar surface area (TPSA) is 37.6 Å². The van der Waals surface area contributed by atoms with Crippen molar-refractivity contribution in [2.75, 3.05) is 0 Å². The Hall–Kier alpha value is -1.51. The van der Waals surface area contributed by atoms with Crippen LogP contribution >= 0.6 is 0 Å². The molecule has 0 aromatic carbocycles. The van der Waals surface area contributed by atoms with Gasteiger partial charge in [0, 0.05) is 6.20 Å². The van der Waals surface area contributed by atoms with Gasteiger partial charge in [0.1, 0.15) is 6.34 Å². The minimum Gasteiger partial charge on any atom is -0.259 e. The molecule has 0 saturated carbocycles. The Balaban J connectivity index is 2.94. The van der Waals surface area contributed by atoms with Crippen LogP contribution in [0.1, 0.15) is 5.69 Å². The minimum absolute atomic E-state index is 0.833. The van der Waals surface area contributed by atoms with E-state index in [2.05, 4.69) is 21.7 Å². The molecule has 3 nitrogen and oxygen atoms in total. The Morgan fingerprint density at radius 2 is 2.45 bits per heavy atom. The maximum absolute atomic E-state index is 4.06. The van der Waals surface area contributed by atoms with Gasteiger partial charge in [0.2, 0.25) is 0 Å². The fourth-order valence-corrected chi connectivity index (χ4v) is 0.715. The smallest absolute Gasteiger partial charge is 0.115 e. The molecule has 0 N–H and O–H groups in total. The van der Waals surface area contributed by atoms with E-state index in [1.807, 2.05) is 19.1 Å². The Labute approximate surface area is 65.5 Å². The third-order valence-electron chi connectivity index (χ3n) is 1.26. The molecule has 0 aliphatic carbocycles. The third kappa shape index (κ3) is 1.97. The lowest BCUT2D eigenvalue weighted by Gasteiger charge is -1.94. The van der Waals surface area contributed by atoms with Crippen LogP contribution in [0.2, 0.25) is 0 Å². The van der Waals surface area contributed by atoms with Gasteiger partial charge in [0.05, 0.1) is 11.4 Å². The predicted octanol–water partition coefficient (Wildman–Crippen LogP) is 1.75. The zero-order chi connectivity index (χ0) is 8.10. The van der Waals surface area contributed by atoms with Crippen LogP contribution in [0, 0.1) is 6.92 Å². The van der Waals surface area contributed by atoms with E-state index in [4.69, 9.17) is 0 Å². The zero-order valence-corrected chi connectivity index (χ0v) is 6.36. The molecule has 3 heteroatoms. The van der Waals surface area contributed by atoms with Gasteiger partial charge < -0.3 is 0 Å². The number of aryl methyl sites for hydroxylation is 1. The Kier molecular flexibility index (Phi) is 2.49. The molecule has 0 spiro atoms. The average molecular weight is 147 g/mol. The van der Waals surface area contributed by atoms with E-state index in [1.165, 1.54) is 6.34 Å². The molecule has 0 amide bonds. The van der Waals surface area contributed by atoms with Crippen molar-refractivity contribution in [2.45, 2.75) is 6.92 Å². The van der Waals surface area contributed by atoms with Crippen LogP contribution in [0.25, 0.3) is 0 Å². The first-order valence-electron chi connectivity index (χ1n) is 3.24. The SMILES string of the molecule is C=NC=Nc1cccnc1C. The summed E-state index contributed by atoms with van der Waals surface area (Å²) in [5.74, 6) is 0. The van der Waals surface area contributed by atoms with E-state index in [9.17, 15) is 0 Å². The summed E-state index contributed by atoms with van der Waals surface area (Å²) in [7, 11) is 0. The zero-order valence-electron chi connectivity index (χ0n) is 6.36. The summed E-state index contributed by atoms with van der Waals surface area (Å²) in [6, 6.07) is 3.72. The average Bonchev–Trinajstić information content (AvgIpc) is 2.03. The second kappa shape index (κ2) is 3.61. The summed E-state index contributed by atoms with van der Waals surface area (Å²) in [6.07, 6.45) is 3.14. The van der Waals surface area contributed by atoms with Crippen LogP contribution in [-0.2, 0) is 0 Å². The molecule has 0 radical (unpaired) electrons. The largest absolute Gasteiger partial charge is 0.259 e. The van der Waals surface area contributed by atoms with E-state index < -0.39 is 0 Å². The first-order chi connectivity index (χ1) is 5.34. The maximum atomic E-state index is 4.06. The molecule has 0 aliphatic rings. The van der Waals surface area contributed by atoms with Crippen molar-refractivity contribution in [3.05, 3.63) is 24.0 Å². The van der Waals surface area contributed by atoms with Crippen LogP contribution in [0.15, 0.2) is 28.3 Å². The van der Waals surface area contributed by atoms with Crippen molar-refractivity contribution in [1.29, 1.82) is 0 Å². The molecule has 1 heterocycles. The summed E-state index contributed by atoms with van der Waals surface area (Å²) in [6.45, 7) is 5.18. The molecule has 0 bridgehead atoms. The highest BCUT2D eigenvalue weighted by Gasteiger charge is 1.91. The van der Waals surface area contributed by atoms with Gasteiger partial charge in [-0.2, -0.15) is 0 Å². The quantitative estimate of drug-likeness (QED) is 0.464. The normalized spacial score (nSPS) is 10.3. The molecule has 11 heavy (non-hydrogen) atoms.